The first-order valence-corrected chi connectivity index (χ1v) is 11.9. The number of benzene rings is 1. The van der Waals surface area contributed by atoms with Gasteiger partial charge < -0.3 is 13.7 Å². The van der Waals surface area contributed by atoms with E-state index in [0.29, 0.717) is 5.89 Å². The minimum Gasteiger partial charge on any atom is -0.460 e. The zero-order valence-electron chi connectivity index (χ0n) is 19.0. The number of carbonyl (C=O) groups is 1. The molecule has 0 bridgehead atoms. The topological polar surface area (TPSA) is 75.6 Å². The summed E-state index contributed by atoms with van der Waals surface area (Å²) in [5, 5.41) is 9.93. The molecule has 1 aromatic carbocycles. The third kappa shape index (κ3) is 4.31. The van der Waals surface area contributed by atoms with E-state index in [1.807, 2.05) is 36.9 Å². The summed E-state index contributed by atoms with van der Waals surface area (Å²) in [6, 6.07) is 10.2. The Balaban J connectivity index is 1.20. The Morgan fingerprint density at radius 3 is 2.59 bits per heavy atom. The number of carbonyl (C=O) groups excluding carboxylic acids is 1. The number of hydrogen-bond donors (Lipinski definition) is 0. The molecule has 2 fully saturated rings. The van der Waals surface area contributed by atoms with Gasteiger partial charge in [-0.05, 0) is 57.3 Å². The molecule has 2 aromatic heterocycles. The van der Waals surface area contributed by atoms with Gasteiger partial charge in [0.05, 0.1) is 6.54 Å². The van der Waals surface area contributed by atoms with Crippen molar-refractivity contribution in [3.63, 3.8) is 0 Å². The van der Waals surface area contributed by atoms with E-state index in [0.717, 1.165) is 80.9 Å². The Hall–Kier alpha value is -2.67. The molecule has 0 aliphatic carbocycles. The van der Waals surface area contributed by atoms with Crippen LogP contribution in [0.15, 0.2) is 39.2 Å². The Morgan fingerprint density at radius 1 is 1.03 bits per heavy atom. The van der Waals surface area contributed by atoms with Gasteiger partial charge in [-0.2, -0.15) is 0 Å². The minimum absolute atomic E-state index is 0.0194. The summed E-state index contributed by atoms with van der Waals surface area (Å²) in [7, 11) is 0. The number of hydrogen-bond acceptors (Lipinski definition) is 6. The Bertz CT molecular complexity index is 1030. The lowest BCUT2D eigenvalue weighted by Gasteiger charge is -2.34. The van der Waals surface area contributed by atoms with Crippen LogP contribution in [0.2, 0.25) is 0 Å². The highest BCUT2D eigenvalue weighted by Gasteiger charge is 2.34. The maximum absolute atomic E-state index is 12.7. The lowest BCUT2D eigenvalue weighted by Crippen LogP contribution is -2.40. The van der Waals surface area contributed by atoms with Gasteiger partial charge in [0, 0.05) is 23.8 Å². The van der Waals surface area contributed by atoms with Gasteiger partial charge in [0.2, 0.25) is 17.7 Å². The Morgan fingerprint density at radius 2 is 1.81 bits per heavy atom. The summed E-state index contributed by atoms with van der Waals surface area (Å²) in [4.78, 5) is 17.0. The van der Waals surface area contributed by atoms with Crippen molar-refractivity contribution in [2.24, 2.45) is 5.92 Å². The van der Waals surface area contributed by atoms with Crippen molar-refractivity contribution in [2.75, 3.05) is 19.6 Å². The van der Waals surface area contributed by atoms with Gasteiger partial charge in [-0.15, -0.1) is 10.2 Å². The molecule has 32 heavy (non-hydrogen) atoms. The van der Waals surface area contributed by atoms with Crippen LogP contribution in [0.5, 0.6) is 0 Å². The van der Waals surface area contributed by atoms with E-state index in [1.54, 1.807) is 0 Å². The first-order chi connectivity index (χ1) is 15.6. The van der Waals surface area contributed by atoms with Crippen LogP contribution >= 0.6 is 0 Å². The zero-order chi connectivity index (χ0) is 22.1. The van der Waals surface area contributed by atoms with Crippen LogP contribution in [0.3, 0.4) is 0 Å². The van der Waals surface area contributed by atoms with Gasteiger partial charge in [-0.1, -0.05) is 32.0 Å². The predicted molar refractivity (Wildman–Crippen MR) is 121 cm³/mol. The summed E-state index contributed by atoms with van der Waals surface area (Å²) in [5.74, 6) is 2.78. The first-order valence-electron chi connectivity index (χ1n) is 11.9. The van der Waals surface area contributed by atoms with Gasteiger partial charge in [0.15, 0.2) is 0 Å². The SMILES string of the molecule is CC(C)C(=O)N1CCCC[C@@H]1c1nnc(C2CCN(Cc3cc4ccccc4o3)CC2)o1. The van der Waals surface area contributed by atoms with Crippen molar-refractivity contribution in [2.45, 2.75) is 64.5 Å². The van der Waals surface area contributed by atoms with Crippen LogP contribution in [-0.2, 0) is 11.3 Å². The Labute approximate surface area is 188 Å². The molecule has 5 rings (SSSR count). The van der Waals surface area contributed by atoms with E-state index in [1.165, 1.54) is 0 Å². The van der Waals surface area contributed by atoms with Crippen molar-refractivity contribution >= 4 is 16.9 Å². The van der Waals surface area contributed by atoms with E-state index in [-0.39, 0.29) is 23.8 Å². The molecule has 0 radical (unpaired) electrons. The monoisotopic (exact) mass is 436 g/mol. The lowest BCUT2D eigenvalue weighted by molar-refractivity contribution is -0.139. The molecule has 0 unspecified atom stereocenters. The number of amides is 1. The second-order valence-corrected chi connectivity index (χ2v) is 9.48. The molecule has 4 heterocycles. The van der Waals surface area contributed by atoms with Gasteiger partial charge in [-0.25, -0.2) is 0 Å². The van der Waals surface area contributed by atoms with Gasteiger partial charge in [-0.3, -0.25) is 9.69 Å². The second-order valence-electron chi connectivity index (χ2n) is 9.48. The molecule has 0 saturated carbocycles. The molecule has 0 N–H and O–H groups in total. The zero-order valence-corrected chi connectivity index (χ0v) is 19.0. The number of piperidine rings is 2. The molecule has 1 atom stereocenters. The molecule has 2 saturated heterocycles. The third-order valence-electron chi connectivity index (χ3n) is 6.81. The van der Waals surface area contributed by atoms with Gasteiger partial charge >= 0.3 is 0 Å². The standard InChI is InChI=1S/C25H32N4O3/c1-17(2)25(30)29-12-6-5-8-21(29)24-27-26-23(32-24)18-10-13-28(14-11-18)16-20-15-19-7-3-4-9-22(19)31-20/h3-4,7,9,15,17-18,21H,5-6,8,10-14,16H2,1-2H3/t21-/m1/s1. The fourth-order valence-corrected chi connectivity index (χ4v) is 5.00. The van der Waals surface area contributed by atoms with Crippen molar-refractivity contribution in [1.82, 2.24) is 20.0 Å². The van der Waals surface area contributed by atoms with Crippen molar-refractivity contribution in [3.05, 3.63) is 47.9 Å². The number of rotatable bonds is 5. The van der Waals surface area contributed by atoms with E-state index < -0.39 is 0 Å². The highest BCUT2D eigenvalue weighted by molar-refractivity contribution is 5.78. The maximum Gasteiger partial charge on any atom is 0.238 e. The van der Waals surface area contributed by atoms with Gasteiger partial charge in [0.25, 0.3) is 0 Å². The number of fused-ring (bicyclic) bond motifs is 1. The van der Waals surface area contributed by atoms with Crippen LogP contribution in [0, 0.1) is 5.92 Å². The van der Waals surface area contributed by atoms with E-state index in [9.17, 15) is 4.79 Å². The molecule has 1 amide bonds. The van der Waals surface area contributed by atoms with E-state index >= 15 is 0 Å². The normalized spacial score (nSPS) is 21.0. The fourth-order valence-electron chi connectivity index (χ4n) is 5.00. The summed E-state index contributed by atoms with van der Waals surface area (Å²) in [5.41, 5.74) is 0.948. The molecule has 2 aliphatic rings. The Kier molecular flexibility index (Phi) is 6.00. The third-order valence-corrected chi connectivity index (χ3v) is 6.81. The summed E-state index contributed by atoms with van der Waals surface area (Å²) >= 11 is 0. The van der Waals surface area contributed by atoms with Crippen LogP contribution in [-0.4, -0.2) is 45.5 Å². The smallest absolute Gasteiger partial charge is 0.238 e. The largest absolute Gasteiger partial charge is 0.460 e. The van der Waals surface area contributed by atoms with Crippen LogP contribution < -0.4 is 0 Å². The molecule has 7 heteroatoms. The van der Waals surface area contributed by atoms with Crippen molar-refractivity contribution in [1.29, 1.82) is 0 Å². The molecule has 3 aromatic rings. The lowest BCUT2D eigenvalue weighted by atomic mass is 9.96. The van der Waals surface area contributed by atoms with Crippen molar-refractivity contribution < 1.29 is 13.6 Å². The van der Waals surface area contributed by atoms with Gasteiger partial charge in [0.1, 0.15) is 17.4 Å². The molecular weight excluding hydrogens is 404 g/mol. The average molecular weight is 437 g/mol. The van der Waals surface area contributed by atoms with Crippen molar-refractivity contribution in [3.8, 4) is 0 Å². The number of aromatic nitrogens is 2. The second kappa shape index (κ2) is 9.06. The average Bonchev–Trinajstić information content (AvgIpc) is 3.46. The molecule has 7 nitrogen and oxygen atoms in total. The predicted octanol–water partition coefficient (Wildman–Crippen LogP) is 4.91. The van der Waals surface area contributed by atoms with E-state index in [2.05, 4.69) is 27.2 Å². The number of likely N-dealkylation sites (tertiary alicyclic amines) is 2. The highest BCUT2D eigenvalue weighted by Crippen LogP contribution is 2.34. The quantitative estimate of drug-likeness (QED) is 0.566. The maximum atomic E-state index is 12.7. The summed E-state index contributed by atoms with van der Waals surface area (Å²) in [6.07, 6.45) is 5.00. The highest BCUT2D eigenvalue weighted by atomic mass is 16.4. The van der Waals surface area contributed by atoms with Crippen LogP contribution in [0.4, 0.5) is 0 Å². The number of para-hydroxylation sites is 1. The summed E-state index contributed by atoms with van der Waals surface area (Å²) < 4.78 is 12.1. The molecule has 2 aliphatic heterocycles. The van der Waals surface area contributed by atoms with Crippen LogP contribution in [0.1, 0.15) is 75.5 Å². The number of furan rings is 1. The molecule has 0 spiro atoms. The molecular formula is C25H32N4O3. The number of nitrogens with zero attached hydrogens (tertiary/aromatic N) is 4. The summed E-state index contributed by atoms with van der Waals surface area (Å²) in [6.45, 7) is 7.45. The first kappa shape index (κ1) is 21.2. The van der Waals surface area contributed by atoms with E-state index in [4.69, 9.17) is 8.83 Å². The fraction of sp³-hybridized carbons (Fsp3) is 0.560. The minimum atomic E-state index is -0.0759. The molecule has 170 valence electrons. The van der Waals surface area contributed by atoms with Crippen LogP contribution in [0.25, 0.3) is 11.0 Å².